The van der Waals surface area contributed by atoms with Crippen molar-refractivity contribution >= 4 is 11.9 Å². The summed E-state index contributed by atoms with van der Waals surface area (Å²) in [5.74, 6) is 0.0395. The lowest BCUT2D eigenvalue weighted by atomic mass is 10.1. The Balaban J connectivity index is 2.11. The second-order valence-electron chi connectivity index (χ2n) is 3.76. The molecule has 4 heteroatoms. The quantitative estimate of drug-likeness (QED) is 0.373. The molecule has 18 heavy (non-hydrogen) atoms. The van der Waals surface area contributed by atoms with Gasteiger partial charge in [-0.3, -0.25) is 10.0 Å². The first-order chi connectivity index (χ1) is 8.65. The summed E-state index contributed by atoms with van der Waals surface area (Å²) in [6.45, 7) is 0. The van der Waals surface area contributed by atoms with Crippen LogP contribution in [0.4, 0.5) is 0 Å². The van der Waals surface area contributed by atoms with E-state index in [-0.39, 0.29) is 11.5 Å². The van der Waals surface area contributed by atoms with Crippen LogP contribution in [0.5, 0.6) is 5.75 Å². The van der Waals surface area contributed by atoms with Gasteiger partial charge in [-0.2, -0.15) is 0 Å². The Morgan fingerprint density at radius 2 is 1.67 bits per heavy atom. The highest BCUT2D eigenvalue weighted by Gasteiger charge is 2.04. The van der Waals surface area contributed by atoms with Gasteiger partial charge in [0.1, 0.15) is 5.75 Å². The third-order valence-electron chi connectivity index (χ3n) is 2.42. The molecule has 2 aromatic rings. The van der Waals surface area contributed by atoms with Gasteiger partial charge in [0.05, 0.1) is 0 Å². The van der Waals surface area contributed by atoms with Gasteiger partial charge in [-0.05, 0) is 23.8 Å². The number of aromatic hydroxyl groups is 1. The van der Waals surface area contributed by atoms with Crippen LogP contribution < -0.4 is 4.73 Å². The van der Waals surface area contributed by atoms with Crippen LogP contribution >= 0.6 is 0 Å². The van der Waals surface area contributed by atoms with Crippen LogP contribution in [0.3, 0.4) is 0 Å². The summed E-state index contributed by atoms with van der Waals surface area (Å²) in [5, 5.41) is 18.2. The Kier molecular flexibility index (Phi) is 3.38. The highest BCUT2D eigenvalue weighted by molar-refractivity contribution is 6.06. The average Bonchev–Trinajstić information content (AvgIpc) is 2.38. The van der Waals surface area contributed by atoms with Crippen molar-refractivity contribution in [3.05, 3.63) is 66.0 Å². The Morgan fingerprint density at radius 1 is 1.06 bits per heavy atom. The lowest BCUT2D eigenvalue weighted by molar-refractivity contribution is -0.904. The molecule has 1 aromatic carbocycles. The molecule has 0 aliphatic heterocycles. The number of ketones is 1. The Labute approximate surface area is 104 Å². The van der Waals surface area contributed by atoms with E-state index in [4.69, 9.17) is 10.3 Å². The van der Waals surface area contributed by atoms with Crippen molar-refractivity contribution in [1.29, 1.82) is 0 Å². The Morgan fingerprint density at radius 3 is 2.28 bits per heavy atom. The molecule has 90 valence electrons. The number of rotatable bonds is 3. The topological polar surface area (TPSA) is 61.4 Å². The first kappa shape index (κ1) is 11.9. The molecule has 0 fully saturated rings. The van der Waals surface area contributed by atoms with E-state index in [0.717, 1.165) is 10.3 Å². The molecule has 0 aliphatic carbocycles. The highest BCUT2D eigenvalue weighted by Crippen LogP contribution is 2.11. The molecule has 0 amide bonds. The fourth-order valence-corrected chi connectivity index (χ4v) is 1.44. The average molecular weight is 242 g/mol. The number of phenols is 1. The molecule has 4 nitrogen and oxygen atoms in total. The molecule has 0 spiro atoms. The molecule has 2 rings (SSSR count). The summed E-state index contributed by atoms with van der Waals surface area (Å²) in [6, 6.07) is 9.60. The van der Waals surface area contributed by atoms with Crippen molar-refractivity contribution in [3.8, 4) is 5.75 Å². The number of allylic oxidation sites excluding steroid dienone is 1. The number of pyridine rings is 1. The van der Waals surface area contributed by atoms with E-state index < -0.39 is 0 Å². The second-order valence-corrected chi connectivity index (χ2v) is 3.76. The molecule has 0 bridgehead atoms. The fraction of sp³-hybridized carbons (Fsp3) is 0. The van der Waals surface area contributed by atoms with E-state index in [1.54, 1.807) is 30.3 Å². The van der Waals surface area contributed by atoms with Crippen LogP contribution in [0.1, 0.15) is 15.9 Å². The van der Waals surface area contributed by atoms with Crippen LogP contribution in [0.15, 0.2) is 54.9 Å². The predicted octanol–water partition coefficient (Wildman–Crippen LogP) is 1.81. The molecule has 0 unspecified atom stereocenters. The number of benzene rings is 1. The van der Waals surface area contributed by atoms with Crippen molar-refractivity contribution in [2.75, 3.05) is 0 Å². The maximum atomic E-state index is 11.8. The third-order valence-corrected chi connectivity index (χ3v) is 2.42. The van der Waals surface area contributed by atoms with Crippen LogP contribution in [0.2, 0.25) is 0 Å². The Bertz CT molecular complexity index is 571. The number of hydrogen-bond donors (Lipinski definition) is 2. The summed E-state index contributed by atoms with van der Waals surface area (Å²) in [5.41, 5.74) is 1.32. The zero-order valence-electron chi connectivity index (χ0n) is 9.52. The van der Waals surface area contributed by atoms with Crippen molar-refractivity contribution in [3.63, 3.8) is 0 Å². The lowest BCUT2D eigenvalue weighted by Gasteiger charge is -1.95. The number of phenolic OH excluding ortho intramolecular Hbond substituents is 1. The summed E-state index contributed by atoms with van der Waals surface area (Å²) < 4.78 is 0.875. The zero-order valence-corrected chi connectivity index (χ0v) is 9.52. The third kappa shape index (κ3) is 2.95. The lowest BCUT2D eigenvalue weighted by Crippen LogP contribution is -2.28. The molecule has 2 N–H and O–H groups in total. The van der Waals surface area contributed by atoms with Crippen molar-refractivity contribution < 1.29 is 19.8 Å². The van der Waals surface area contributed by atoms with Gasteiger partial charge in [-0.25, -0.2) is 0 Å². The van der Waals surface area contributed by atoms with Crippen LogP contribution in [-0.4, -0.2) is 16.1 Å². The smallest absolute Gasteiger partial charge is 0.223 e. The van der Waals surface area contributed by atoms with Gasteiger partial charge in [-0.1, -0.05) is 18.2 Å². The van der Waals surface area contributed by atoms with Gasteiger partial charge in [0, 0.05) is 22.4 Å². The SMILES string of the molecule is O=C(C=Cc1ccc(O)cc1)c1cc[n+](O)cc1. The van der Waals surface area contributed by atoms with Gasteiger partial charge in [-0.15, -0.1) is 0 Å². The van der Waals surface area contributed by atoms with E-state index in [9.17, 15) is 4.79 Å². The number of hydrogen-bond acceptors (Lipinski definition) is 3. The highest BCUT2D eigenvalue weighted by atomic mass is 16.5. The molecule has 0 radical (unpaired) electrons. The summed E-state index contributed by atoms with van der Waals surface area (Å²) in [4.78, 5) is 11.8. The second kappa shape index (κ2) is 5.14. The fourth-order valence-electron chi connectivity index (χ4n) is 1.44. The minimum absolute atomic E-state index is 0.149. The summed E-state index contributed by atoms with van der Waals surface area (Å²) >= 11 is 0. The van der Waals surface area contributed by atoms with E-state index in [1.807, 2.05) is 0 Å². The molecule has 0 aliphatic rings. The number of nitrogens with zero attached hydrogens (tertiary/aromatic N) is 1. The number of carbonyl (C=O) groups is 1. The van der Waals surface area contributed by atoms with Gasteiger partial charge in [0.25, 0.3) is 0 Å². The standard InChI is InChI=1S/C14H11NO3/c16-13-4-1-11(2-5-13)3-6-14(17)12-7-9-15(18)10-8-12/h1-10H,(H-,16,17,18)/p+1. The van der Waals surface area contributed by atoms with Gasteiger partial charge in [0.15, 0.2) is 5.78 Å². The molecule has 0 saturated carbocycles. The predicted molar refractivity (Wildman–Crippen MR) is 65.3 cm³/mol. The maximum Gasteiger partial charge on any atom is 0.223 e. The number of aromatic nitrogens is 1. The largest absolute Gasteiger partial charge is 0.508 e. The van der Waals surface area contributed by atoms with Gasteiger partial charge < -0.3 is 5.11 Å². The molecule has 0 atom stereocenters. The van der Waals surface area contributed by atoms with Crippen LogP contribution in [0.25, 0.3) is 6.08 Å². The van der Waals surface area contributed by atoms with E-state index >= 15 is 0 Å². The maximum absolute atomic E-state index is 11.8. The number of carbonyl (C=O) groups excluding carboxylic acids is 1. The van der Waals surface area contributed by atoms with E-state index in [0.29, 0.717) is 5.56 Å². The molecule has 1 heterocycles. The van der Waals surface area contributed by atoms with Crippen molar-refractivity contribution in [2.24, 2.45) is 0 Å². The molecule has 0 saturated heterocycles. The Hall–Kier alpha value is -2.62. The molecule has 1 aromatic heterocycles. The van der Waals surface area contributed by atoms with Crippen molar-refractivity contribution in [1.82, 2.24) is 0 Å². The van der Waals surface area contributed by atoms with E-state index in [2.05, 4.69) is 0 Å². The minimum atomic E-state index is -0.149. The zero-order chi connectivity index (χ0) is 13.0. The van der Waals surface area contributed by atoms with Crippen LogP contribution in [0, 0.1) is 0 Å². The monoisotopic (exact) mass is 242 g/mol. The molecular weight excluding hydrogens is 230 g/mol. The van der Waals surface area contributed by atoms with E-state index in [1.165, 1.54) is 30.6 Å². The normalized spacial score (nSPS) is 10.7. The first-order valence-electron chi connectivity index (χ1n) is 5.37. The van der Waals surface area contributed by atoms with Gasteiger partial charge >= 0.3 is 0 Å². The van der Waals surface area contributed by atoms with Gasteiger partial charge in [0.2, 0.25) is 12.4 Å². The van der Waals surface area contributed by atoms with Crippen LogP contribution in [-0.2, 0) is 0 Å². The molecular formula is C14H12NO3+. The first-order valence-corrected chi connectivity index (χ1v) is 5.37. The van der Waals surface area contributed by atoms with Crippen molar-refractivity contribution in [2.45, 2.75) is 0 Å². The minimum Gasteiger partial charge on any atom is -0.508 e. The summed E-state index contributed by atoms with van der Waals surface area (Å²) in [7, 11) is 0. The summed E-state index contributed by atoms with van der Waals surface area (Å²) in [6.07, 6.45) is 5.90.